The van der Waals surface area contributed by atoms with E-state index in [1.54, 1.807) is 42.5 Å². The first-order chi connectivity index (χ1) is 15.8. The minimum atomic E-state index is -3.95. The number of hydrogen-bond donors (Lipinski definition) is 1. The molecule has 1 heterocycles. The Morgan fingerprint density at radius 3 is 2.42 bits per heavy atom. The molecule has 1 amide bonds. The summed E-state index contributed by atoms with van der Waals surface area (Å²) in [6, 6.07) is 20.4. The first-order valence-corrected chi connectivity index (χ1v) is 12.1. The third-order valence-electron chi connectivity index (χ3n) is 5.35. The Kier molecular flexibility index (Phi) is 6.55. The van der Waals surface area contributed by atoms with Crippen molar-refractivity contribution in [2.24, 2.45) is 0 Å². The molecule has 33 heavy (non-hydrogen) atoms. The van der Waals surface area contributed by atoms with Gasteiger partial charge in [0.1, 0.15) is 19.8 Å². The summed E-state index contributed by atoms with van der Waals surface area (Å²) in [5.41, 5.74) is 2.07. The number of hydrogen-bond acceptors (Lipinski definition) is 5. The van der Waals surface area contributed by atoms with Crippen LogP contribution in [0.15, 0.2) is 77.7 Å². The summed E-state index contributed by atoms with van der Waals surface area (Å²) < 4.78 is 39.2. The second-order valence-corrected chi connectivity index (χ2v) is 9.72. The van der Waals surface area contributed by atoms with E-state index in [1.807, 2.05) is 38.1 Å². The predicted molar refractivity (Wildman–Crippen MR) is 126 cm³/mol. The van der Waals surface area contributed by atoms with Crippen molar-refractivity contribution in [2.45, 2.75) is 24.8 Å². The summed E-state index contributed by atoms with van der Waals surface area (Å²) in [6.45, 7) is 4.29. The van der Waals surface area contributed by atoms with E-state index in [0.717, 1.165) is 15.4 Å². The van der Waals surface area contributed by atoms with Crippen molar-refractivity contribution in [2.75, 3.05) is 24.1 Å². The summed E-state index contributed by atoms with van der Waals surface area (Å²) in [5.74, 6) is 0.883. The van der Waals surface area contributed by atoms with Crippen LogP contribution in [0.3, 0.4) is 0 Å². The van der Waals surface area contributed by atoms with E-state index < -0.39 is 15.9 Å². The van der Waals surface area contributed by atoms with E-state index in [1.165, 1.54) is 6.07 Å². The first kappa shape index (κ1) is 22.7. The molecule has 0 aromatic heterocycles. The topological polar surface area (TPSA) is 84.9 Å². The maximum absolute atomic E-state index is 13.5. The lowest BCUT2D eigenvalue weighted by molar-refractivity contribution is -0.120. The summed E-state index contributed by atoms with van der Waals surface area (Å²) >= 11 is 0. The lowest BCUT2D eigenvalue weighted by atomic mass is 10.1. The number of sulfonamides is 1. The molecule has 0 aliphatic carbocycles. The normalized spacial score (nSPS) is 13.8. The van der Waals surface area contributed by atoms with Crippen LogP contribution in [0.1, 0.15) is 24.1 Å². The number of carbonyl (C=O) groups is 1. The average Bonchev–Trinajstić information content (AvgIpc) is 2.82. The van der Waals surface area contributed by atoms with Gasteiger partial charge in [-0.15, -0.1) is 0 Å². The van der Waals surface area contributed by atoms with Gasteiger partial charge in [0.2, 0.25) is 5.91 Å². The van der Waals surface area contributed by atoms with Gasteiger partial charge in [0.15, 0.2) is 11.5 Å². The molecule has 0 fully saturated rings. The van der Waals surface area contributed by atoms with E-state index >= 15 is 0 Å². The quantitative estimate of drug-likeness (QED) is 0.572. The van der Waals surface area contributed by atoms with Crippen LogP contribution in [0.25, 0.3) is 0 Å². The largest absolute Gasteiger partial charge is 0.486 e. The van der Waals surface area contributed by atoms with Crippen molar-refractivity contribution < 1.29 is 22.7 Å². The molecule has 7 nitrogen and oxygen atoms in total. The fourth-order valence-electron chi connectivity index (χ4n) is 3.64. The molecule has 172 valence electrons. The number of benzene rings is 3. The second kappa shape index (κ2) is 9.54. The molecule has 0 bridgehead atoms. The van der Waals surface area contributed by atoms with Crippen molar-refractivity contribution >= 4 is 21.6 Å². The van der Waals surface area contributed by atoms with E-state index in [-0.39, 0.29) is 17.5 Å². The zero-order chi connectivity index (χ0) is 23.4. The van der Waals surface area contributed by atoms with Gasteiger partial charge in [0, 0.05) is 0 Å². The van der Waals surface area contributed by atoms with Crippen LogP contribution >= 0.6 is 0 Å². The Morgan fingerprint density at radius 1 is 0.970 bits per heavy atom. The fourth-order valence-corrected chi connectivity index (χ4v) is 5.17. The summed E-state index contributed by atoms with van der Waals surface area (Å²) in [4.78, 5) is 13.1. The highest BCUT2D eigenvalue weighted by Gasteiger charge is 2.28. The Hall–Kier alpha value is -3.52. The van der Waals surface area contributed by atoms with E-state index in [0.29, 0.717) is 30.4 Å². The van der Waals surface area contributed by atoms with E-state index in [2.05, 4.69) is 5.32 Å². The highest BCUT2D eigenvalue weighted by atomic mass is 32.2. The van der Waals surface area contributed by atoms with Crippen molar-refractivity contribution in [3.63, 3.8) is 0 Å². The number of carbonyl (C=O) groups excluding carboxylic acids is 1. The second-order valence-electron chi connectivity index (χ2n) is 7.86. The number of fused-ring (bicyclic) bond motifs is 1. The number of para-hydroxylation sites is 1. The molecule has 0 radical (unpaired) electrons. The third kappa shape index (κ3) is 5.12. The smallest absolute Gasteiger partial charge is 0.264 e. The van der Waals surface area contributed by atoms with Crippen molar-refractivity contribution in [3.05, 3.63) is 83.9 Å². The van der Waals surface area contributed by atoms with E-state index in [4.69, 9.17) is 9.47 Å². The molecule has 0 spiro atoms. The van der Waals surface area contributed by atoms with Gasteiger partial charge < -0.3 is 14.8 Å². The van der Waals surface area contributed by atoms with Crippen LogP contribution in [0, 0.1) is 6.92 Å². The minimum absolute atomic E-state index is 0.138. The lowest BCUT2D eigenvalue weighted by Gasteiger charge is -2.25. The molecular formula is C25H26N2O5S. The van der Waals surface area contributed by atoms with Gasteiger partial charge in [-0.05, 0) is 61.4 Å². The molecule has 3 aromatic rings. The van der Waals surface area contributed by atoms with Crippen molar-refractivity contribution in [1.29, 1.82) is 0 Å². The Bertz CT molecular complexity index is 1240. The van der Waals surface area contributed by atoms with Crippen LogP contribution in [0.4, 0.5) is 5.69 Å². The zero-order valence-electron chi connectivity index (χ0n) is 18.5. The average molecular weight is 467 g/mol. The predicted octanol–water partition coefficient (Wildman–Crippen LogP) is 3.84. The molecule has 3 aromatic carbocycles. The Labute approximate surface area is 194 Å². The fraction of sp³-hybridized carbons (Fsp3) is 0.240. The Morgan fingerprint density at radius 2 is 1.70 bits per heavy atom. The van der Waals surface area contributed by atoms with Gasteiger partial charge >= 0.3 is 0 Å². The molecular weight excluding hydrogens is 440 g/mol. The number of aryl methyl sites for hydroxylation is 1. The van der Waals surface area contributed by atoms with Crippen LogP contribution in [0.5, 0.6) is 11.5 Å². The number of nitrogens with one attached hydrogen (secondary N) is 1. The molecule has 1 unspecified atom stereocenters. The maximum atomic E-state index is 13.5. The van der Waals surface area contributed by atoms with Crippen LogP contribution < -0.4 is 19.1 Å². The highest BCUT2D eigenvalue weighted by Crippen LogP contribution is 2.32. The maximum Gasteiger partial charge on any atom is 0.264 e. The molecule has 0 saturated heterocycles. The van der Waals surface area contributed by atoms with Gasteiger partial charge in [-0.1, -0.05) is 36.4 Å². The van der Waals surface area contributed by atoms with Gasteiger partial charge in [0.25, 0.3) is 10.0 Å². The summed E-state index contributed by atoms with van der Waals surface area (Å²) in [6.07, 6.45) is 0. The van der Waals surface area contributed by atoms with Gasteiger partial charge in [-0.3, -0.25) is 9.10 Å². The molecule has 0 saturated carbocycles. The minimum Gasteiger partial charge on any atom is -0.486 e. The lowest BCUT2D eigenvalue weighted by Crippen LogP contribution is -2.41. The third-order valence-corrected chi connectivity index (χ3v) is 7.12. The van der Waals surface area contributed by atoms with Gasteiger partial charge in [-0.25, -0.2) is 8.42 Å². The van der Waals surface area contributed by atoms with Gasteiger partial charge in [0.05, 0.1) is 16.6 Å². The number of amides is 1. The standard InChI is InChI=1S/C25H26N2O5S/c1-18-7-6-10-22(15-18)33(29,30)27(21-8-4-3-5-9-21)17-25(28)26-19(2)20-11-12-23-24(16-20)32-14-13-31-23/h3-12,15-16,19H,13-14,17H2,1-2H3,(H,26,28). The SMILES string of the molecule is Cc1cccc(S(=O)(=O)N(CC(=O)NC(C)c2ccc3c(c2)OCCO3)c2ccccc2)c1. The number of anilines is 1. The highest BCUT2D eigenvalue weighted by molar-refractivity contribution is 7.92. The molecule has 1 aliphatic rings. The molecule has 4 rings (SSSR count). The molecule has 1 atom stereocenters. The van der Waals surface area contributed by atoms with Crippen LogP contribution in [-0.2, 0) is 14.8 Å². The van der Waals surface area contributed by atoms with Crippen LogP contribution in [-0.4, -0.2) is 34.1 Å². The number of nitrogens with zero attached hydrogens (tertiary/aromatic N) is 1. The van der Waals surface area contributed by atoms with Crippen molar-refractivity contribution in [1.82, 2.24) is 5.32 Å². The van der Waals surface area contributed by atoms with Crippen molar-refractivity contribution in [3.8, 4) is 11.5 Å². The monoisotopic (exact) mass is 466 g/mol. The summed E-state index contributed by atoms with van der Waals surface area (Å²) in [5, 5.41) is 2.90. The number of ether oxygens (including phenoxy) is 2. The first-order valence-electron chi connectivity index (χ1n) is 10.7. The zero-order valence-corrected chi connectivity index (χ0v) is 19.3. The summed E-state index contributed by atoms with van der Waals surface area (Å²) in [7, 11) is -3.95. The molecule has 8 heteroatoms. The molecule has 1 aliphatic heterocycles. The molecule has 1 N–H and O–H groups in total. The van der Waals surface area contributed by atoms with Crippen LogP contribution in [0.2, 0.25) is 0 Å². The number of rotatable bonds is 7. The van der Waals surface area contributed by atoms with E-state index in [9.17, 15) is 13.2 Å². The van der Waals surface area contributed by atoms with Gasteiger partial charge in [-0.2, -0.15) is 0 Å². The Balaban J connectivity index is 1.56.